The van der Waals surface area contributed by atoms with Gasteiger partial charge in [-0.15, -0.1) is 0 Å². The van der Waals surface area contributed by atoms with Gasteiger partial charge >= 0.3 is 0 Å². The highest BCUT2D eigenvalue weighted by Crippen LogP contribution is 2.36. The van der Waals surface area contributed by atoms with Gasteiger partial charge in [-0.2, -0.15) is 0 Å². The molecule has 1 saturated carbocycles. The molecule has 2 atom stereocenters. The van der Waals surface area contributed by atoms with Gasteiger partial charge in [-0.1, -0.05) is 28.8 Å². The fraction of sp³-hybridized carbons (Fsp3) is 0.357. The van der Waals surface area contributed by atoms with E-state index in [-0.39, 0.29) is 59.7 Å². The lowest BCUT2D eigenvalue weighted by molar-refractivity contribution is -0.384. The van der Waals surface area contributed by atoms with Crippen molar-refractivity contribution in [1.82, 2.24) is 15.2 Å². The Kier molecular flexibility index (Phi) is 8.15. The number of carbonyl (C=O) groups is 3. The molecule has 1 aromatic heterocycles. The molecule has 5 rings (SSSR count). The number of nitrogens with zero attached hydrogens (tertiary/aromatic N) is 2. The number of nitro benzene ring substituents is 1. The molecule has 1 aliphatic heterocycles. The van der Waals surface area contributed by atoms with Gasteiger partial charge in [0, 0.05) is 60.0 Å². The molecule has 3 N–H and O–H groups in total. The molecule has 0 spiro atoms. The van der Waals surface area contributed by atoms with Crippen LogP contribution in [0.1, 0.15) is 59.2 Å². The Bertz CT molecular complexity index is 1620. The van der Waals surface area contributed by atoms with E-state index in [1.807, 2.05) is 0 Å². The van der Waals surface area contributed by atoms with Crippen LogP contribution in [0.3, 0.4) is 0 Å². The van der Waals surface area contributed by atoms with E-state index in [1.54, 1.807) is 0 Å². The van der Waals surface area contributed by atoms with Crippen molar-refractivity contribution in [1.29, 1.82) is 0 Å². The standard InChI is InChI=1S/C28H27BrFN5O6/c29-15-11-20(28(39)34-9-7-17(36)8-10-34)26(24(12-15)35(40)41)32-21-3-1-2-4-22(21)33-27(38)19-14-25(37)31-23-13-16(30)5-6-18(19)23/h5-6,11-14,21-22,32H,1-4,7-10H2,(H,31,37)(H,33,38)/t21-,22+/m1/s1. The fourth-order valence-electron chi connectivity index (χ4n) is 5.51. The maximum atomic E-state index is 13.7. The number of hydrogen-bond donors (Lipinski definition) is 3. The van der Waals surface area contributed by atoms with Crippen LogP contribution in [0.2, 0.25) is 0 Å². The molecule has 2 aromatic carbocycles. The van der Waals surface area contributed by atoms with Crippen LogP contribution in [0.25, 0.3) is 10.9 Å². The molecule has 41 heavy (non-hydrogen) atoms. The highest BCUT2D eigenvalue weighted by Gasteiger charge is 2.33. The number of ketones is 1. The third kappa shape index (κ3) is 6.14. The van der Waals surface area contributed by atoms with Crippen molar-refractivity contribution >= 4 is 55.8 Å². The zero-order chi connectivity index (χ0) is 29.3. The topological polar surface area (TPSA) is 155 Å². The van der Waals surface area contributed by atoms with Gasteiger partial charge in [0.2, 0.25) is 5.56 Å². The maximum Gasteiger partial charge on any atom is 0.294 e. The van der Waals surface area contributed by atoms with Gasteiger partial charge in [-0.3, -0.25) is 29.3 Å². The lowest BCUT2D eigenvalue weighted by Gasteiger charge is -2.34. The third-order valence-electron chi connectivity index (χ3n) is 7.58. The van der Waals surface area contributed by atoms with Crippen LogP contribution in [-0.2, 0) is 4.79 Å². The zero-order valence-corrected chi connectivity index (χ0v) is 23.5. The summed E-state index contributed by atoms with van der Waals surface area (Å²) in [5.41, 5.74) is -0.442. The summed E-state index contributed by atoms with van der Waals surface area (Å²) in [6, 6.07) is 6.80. The minimum absolute atomic E-state index is 0.0447. The van der Waals surface area contributed by atoms with Crippen LogP contribution >= 0.6 is 15.9 Å². The second-order valence-corrected chi connectivity index (χ2v) is 11.2. The van der Waals surface area contributed by atoms with Gasteiger partial charge in [0.25, 0.3) is 17.5 Å². The molecule has 13 heteroatoms. The van der Waals surface area contributed by atoms with E-state index in [1.165, 1.54) is 29.2 Å². The van der Waals surface area contributed by atoms with Crippen molar-refractivity contribution in [2.75, 3.05) is 18.4 Å². The second-order valence-electron chi connectivity index (χ2n) is 10.3. The summed E-state index contributed by atoms with van der Waals surface area (Å²) in [4.78, 5) is 66.4. The smallest absolute Gasteiger partial charge is 0.294 e. The molecule has 0 unspecified atom stereocenters. The van der Waals surface area contributed by atoms with E-state index in [0.717, 1.165) is 25.0 Å². The number of piperidine rings is 1. The Balaban J connectivity index is 1.45. The highest BCUT2D eigenvalue weighted by atomic mass is 79.9. The molecule has 11 nitrogen and oxygen atoms in total. The molecule has 1 saturated heterocycles. The zero-order valence-electron chi connectivity index (χ0n) is 21.9. The van der Waals surface area contributed by atoms with E-state index in [2.05, 4.69) is 31.5 Å². The number of fused-ring (bicyclic) bond motifs is 1. The third-order valence-corrected chi connectivity index (χ3v) is 8.04. The number of rotatable bonds is 6. The first-order valence-electron chi connectivity index (χ1n) is 13.3. The van der Waals surface area contributed by atoms with Gasteiger partial charge in [0.15, 0.2) is 0 Å². The number of hydrogen-bond acceptors (Lipinski definition) is 7. The van der Waals surface area contributed by atoms with E-state index < -0.39 is 40.2 Å². The van der Waals surface area contributed by atoms with Crippen molar-refractivity contribution in [3.05, 3.63) is 78.3 Å². The van der Waals surface area contributed by atoms with Crippen molar-refractivity contribution in [2.45, 2.75) is 50.6 Å². The first kappa shape index (κ1) is 28.4. The van der Waals surface area contributed by atoms with Crippen LogP contribution in [0.15, 0.2) is 45.7 Å². The number of aromatic nitrogens is 1. The van der Waals surface area contributed by atoms with Crippen molar-refractivity contribution < 1.29 is 23.7 Å². The molecule has 0 bridgehead atoms. The fourth-order valence-corrected chi connectivity index (χ4v) is 5.96. The van der Waals surface area contributed by atoms with Crippen LogP contribution in [0, 0.1) is 15.9 Å². The summed E-state index contributed by atoms with van der Waals surface area (Å²) in [6.45, 7) is 0.460. The molecule has 0 radical (unpaired) electrons. The molecule has 2 amide bonds. The van der Waals surface area contributed by atoms with Crippen LogP contribution < -0.4 is 16.2 Å². The summed E-state index contributed by atoms with van der Waals surface area (Å²) in [5.74, 6) is -1.46. The van der Waals surface area contributed by atoms with Gasteiger partial charge in [0.05, 0.1) is 21.6 Å². The summed E-state index contributed by atoms with van der Waals surface area (Å²) >= 11 is 3.28. The number of likely N-dealkylation sites (tertiary alicyclic amines) is 1. The number of nitro groups is 1. The van der Waals surface area contributed by atoms with E-state index in [9.17, 15) is 33.7 Å². The van der Waals surface area contributed by atoms with E-state index >= 15 is 0 Å². The lowest BCUT2D eigenvalue weighted by Crippen LogP contribution is -2.49. The monoisotopic (exact) mass is 627 g/mol. The van der Waals surface area contributed by atoms with Crippen LogP contribution in [-0.4, -0.2) is 57.6 Å². The molecular weight excluding hydrogens is 601 g/mol. The minimum Gasteiger partial charge on any atom is -0.374 e. The molecule has 3 aromatic rings. The van der Waals surface area contributed by atoms with Crippen LogP contribution in [0.5, 0.6) is 0 Å². The number of halogens is 2. The van der Waals surface area contributed by atoms with Gasteiger partial charge in [-0.25, -0.2) is 4.39 Å². The quantitative estimate of drug-likeness (QED) is 0.272. The van der Waals surface area contributed by atoms with E-state index in [4.69, 9.17) is 0 Å². The predicted octanol–water partition coefficient (Wildman–Crippen LogP) is 4.30. The summed E-state index contributed by atoms with van der Waals surface area (Å²) < 4.78 is 14.1. The number of aromatic amines is 1. The van der Waals surface area contributed by atoms with Crippen molar-refractivity contribution in [3.63, 3.8) is 0 Å². The number of anilines is 1. The number of benzene rings is 2. The maximum absolute atomic E-state index is 13.7. The molecule has 2 fully saturated rings. The lowest BCUT2D eigenvalue weighted by atomic mass is 9.89. The second kappa shape index (κ2) is 11.8. The first-order chi connectivity index (χ1) is 19.6. The largest absolute Gasteiger partial charge is 0.374 e. The SMILES string of the molecule is O=C1CCN(C(=O)c2cc(Br)cc([N+](=O)[O-])c2N[C@@H]2CCCC[C@@H]2NC(=O)c2cc(=O)[nH]c3cc(F)ccc23)CC1. The molecule has 2 heterocycles. The number of pyridine rings is 1. The number of Topliss-reactive ketones (excluding diaryl/α,β-unsaturated/α-hetero) is 1. The summed E-state index contributed by atoms with van der Waals surface area (Å²) in [5, 5.41) is 18.6. The molecule has 214 valence electrons. The number of amides is 2. The Hall–Kier alpha value is -4.13. The summed E-state index contributed by atoms with van der Waals surface area (Å²) in [7, 11) is 0. The minimum atomic E-state index is -0.568. The van der Waals surface area contributed by atoms with Crippen LogP contribution in [0.4, 0.5) is 15.8 Å². The van der Waals surface area contributed by atoms with Crippen molar-refractivity contribution in [2.24, 2.45) is 0 Å². The Morgan fingerprint density at radius 3 is 2.44 bits per heavy atom. The van der Waals surface area contributed by atoms with Crippen molar-refractivity contribution in [3.8, 4) is 0 Å². The van der Waals surface area contributed by atoms with E-state index in [0.29, 0.717) is 22.7 Å². The number of nitrogens with one attached hydrogen (secondary N) is 3. The molecule has 2 aliphatic rings. The molecule has 1 aliphatic carbocycles. The predicted molar refractivity (Wildman–Crippen MR) is 153 cm³/mol. The Morgan fingerprint density at radius 2 is 1.73 bits per heavy atom. The average Bonchev–Trinajstić information content (AvgIpc) is 2.93. The van der Waals surface area contributed by atoms with Gasteiger partial charge in [0.1, 0.15) is 17.3 Å². The Labute approximate surface area is 241 Å². The average molecular weight is 628 g/mol. The summed E-state index contributed by atoms with van der Waals surface area (Å²) in [6.07, 6.45) is 3.15. The van der Waals surface area contributed by atoms with Gasteiger partial charge < -0.3 is 20.5 Å². The highest BCUT2D eigenvalue weighted by molar-refractivity contribution is 9.10. The Morgan fingerprint density at radius 1 is 1.02 bits per heavy atom. The first-order valence-corrected chi connectivity index (χ1v) is 14.1. The number of carbonyl (C=O) groups excluding carboxylic acids is 3. The normalized spacial score (nSPS) is 19.2. The van der Waals surface area contributed by atoms with Gasteiger partial charge in [-0.05, 0) is 37.1 Å². The number of H-pyrrole nitrogens is 1. The molecular formula is C28H27BrFN5O6.